The minimum Gasteiger partial charge on any atom is -0.545 e. The third kappa shape index (κ3) is 25.1. The Morgan fingerprint density at radius 1 is 1.19 bits per heavy atom. The largest absolute Gasteiger partial charge is 1.00 e. The molecule has 1 rings (SSSR count). The molecule has 0 aliphatic rings. The van der Waals surface area contributed by atoms with Crippen molar-refractivity contribution in [3.8, 4) is 0 Å². The molecule has 0 heterocycles. The summed E-state index contributed by atoms with van der Waals surface area (Å²) >= 11 is 0. The van der Waals surface area contributed by atoms with E-state index in [0.717, 1.165) is 6.42 Å². The van der Waals surface area contributed by atoms with Crippen molar-refractivity contribution < 1.29 is 84.2 Å². The Bertz CT molecular complexity index is 814. The monoisotopic (exact) mass is 478 g/mol. The molecule has 0 saturated carbocycles. The average molecular weight is 479 g/mol. The summed E-state index contributed by atoms with van der Waals surface area (Å²) in [5.41, 5.74) is 1.44. The summed E-state index contributed by atoms with van der Waals surface area (Å²) in [7, 11) is -4.00. The Morgan fingerprint density at radius 3 is 2.03 bits per heavy atom. The van der Waals surface area contributed by atoms with Crippen LogP contribution in [0, 0.1) is 5.92 Å². The first-order valence-electron chi connectivity index (χ1n) is 9.22. The number of hydrogen-bond donors (Lipinski definition) is 2. The van der Waals surface area contributed by atoms with Crippen LogP contribution >= 0.6 is 0 Å². The zero-order chi connectivity index (χ0) is 23.7. The van der Waals surface area contributed by atoms with Gasteiger partial charge in [-0.15, -0.1) is 0 Å². The Hall–Kier alpha value is -1.07. The minimum absolute atomic E-state index is 0. The van der Waals surface area contributed by atoms with Gasteiger partial charge in [0.1, 0.15) is 0 Å². The van der Waals surface area contributed by atoms with E-state index in [9.17, 15) is 23.1 Å². The zero-order valence-electron chi connectivity index (χ0n) is 18.7. The maximum atomic E-state index is 10.2. The van der Waals surface area contributed by atoms with Gasteiger partial charge in [-0.05, 0) is 43.2 Å². The van der Waals surface area contributed by atoms with Gasteiger partial charge in [0.25, 0.3) is 10.1 Å². The maximum absolute atomic E-state index is 10.2. The van der Waals surface area contributed by atoms with Gasteiger partial charge in [0.05, 0.1) is 11.7 Å². The van der Waals surface area contributed by atoms with Crippen LogP contribution in [0.25, 0.3) is 6.08 Å². The van der Waals surface area contributed by atoms with Gasteiger partial charge in [0, 0.05) is 5.57 Å². The molecule has 0 aliphatic carbocycles. The quantitative estimate of drug-likeness (QED) is 0.297. The van der Waals surface area contributed by atoms with Crippen LogP contribution in [0.2, 0.25) is 0 Å². The van der Waals surface area contributed by atoms with E-state index in [2.05, 4.69) is 27.0 Å². The fourth-order valence-electron chi connectivity index (χ4n) is 1.66. The molecule has 9 heteroatoms. The first-order valence-corrected chi connectivity index (χ1v) is 10.8. The molecule has 168 valence electrons. The van der Waals surface area contributed by atoms with Crippen molar-refractivity contribution in [2.24, 2.45) is 5.92 Å². The van der Waals surface area contributed by atoms with Crippen molar-refractivity contribution in [2.75, 3.05) is 5.75 Å². The first kappa shape index (κ1) is 34.5. The zero-order valence-corrected chi connectivity index (χ0v) is 22.6. The standard InChI is InChI=1S/C8H14O2.C8H8.C6H10O5S.K/c1-6(2)4-5-7(3)8(9)10;1-2-8-6-4-3-5-7-8;1-5(6(7)8)3-2-4-12(9,10)11;/h5-6H,4H2,1-3H3,(H,9,10);2-7H,1H2;1-4H2,(H,7,8)(H,9,10,11);/q;;;+1/p-1. The van der Waals surface area contributed by atoms with Gasteiger partial charge in [-0.2, -0.15) is 8.42 Å². The van der Waals surface area contributed by atoms with E-state index in [1.165, 1.54) is 5.56 Å². The first-order chi connectivity index (χ1) is 13.8. The third-order valence-corrected chi connectivity index (χ3v) is 4.24. The van der Waals surface area contributed by atoms with Gasteiger partial charge >= 0.3 is 57.4 Å². The average Bonchev–Trinajstić information content (AvgIpc) is 2.66. The van der Waals surface area contributed by atoms with Crippen LogP contribution in [0.5, 0.6) is 0 Å². The molecule has 0 aromatic heterocycles. The van der Waals surface area contributed by atoms with E-state index in [-0.39, 0.29) is 69.8 Å². The molecule has 0 bridgehead atoms. The number of carboxylic acids is 2. The van der Waals surface area contributed by atoms with Gasteiger partial charge in [0.15, 0.2) is 0 Å². The van der Waals surface area contributed by atoms with Crippen molar-refractivity contribution >= 4 is 28.1 Å². The maximum Gasteiger partial charge on any atom is 1.00 e. The molecule has 0 spiro atoms. The number of carboxylic acid groups (broad SMARTS) is 2. The normalized spacial score (nSPS) is 10.4. The predicted molar refractivity (Wildman–Crippen MR) is 117 cm³/mol. The Morgan fingerprint density at radius 2 is 1.71 bits per heavy atom. The molecule has 7 nitrogen and oxygen atoms in total. The van der Waals surface area contributed by atoms with Crippen LogP contribution in [0.4, 0.5) is 0 Å². The minimum atomic E-state index is -4.00. The van der Waals surface area contributed by atoms with Crippen LogP contribution in [-0.4, -0.2) is 35.8 Å². The van der Waals surface area contributed by atoms with Crippen LogP contribution < -0.4 is 56.5 Å². The number of hydrogen-bond acceptors (Lipinski definition) is 5. The molecule has 2 N–H and O–H groups in total. The molecule has 0 saturated heterocycles. The molecule has 0 amide bonds. The second-order valence-electron chi connectivity index (χ2n) is 6.72. The third-order valence-electron chi connectivity index (χ3n) is 3.44. The molecule has 0 atom stereocenters. The van der Waals surface area contributed by atoms with Crippen molar-refractivity contribution in [3.05, 3.63) is 66.3 Å². The summed E-state index contributed by atoms with van der Waals surface area (Å²) in [5, 5.41) is 18.5. The second kappa shape index (κ2) is 19.6. The molecule has 1 aromatic rings. The van der Waals surface area contributed by atoms with Crippen molar-refractivity contribution in [1.29, 1.82) is 0 Å². The molecule has 0 unspecified atom stereocenters. The number of allylic oxidation sites excluding steroid dienone is 1. The Balaban J connectivity index is -0.000000379. The fraction of sp³-hybridized carbons (Fsp3) is 0.364. The molecule has 1 aromatic carbocycles. The van der Waals surface area contributed by atoms with E-state index in [1.54, 1.807) is 13.0 Å². The van der Waals surface area contributed by atoms with Crippen molar-refractivity contribution in [3.63, 3.8) is 0 Å². The van der Waals surface area contributed by atoms with E-state index in [4.69, 9.17) is 9.66 Å². The van der Waals surface area contributed by atoms with Crippen LogP contribution in [-0.2, 0) is 19.7 Å². The summed E-state index contributed by atoms with van der Waals surface area (Å²) in [6.07, 6.45) is 4.47. The smallest absolute Gasteiger partial charge is 0.545 e. The number of rotatable bonds is 9. The number of carbonyl (C=O) groups is 2. The predicted octanol–water partition coefficient (Wildman–Crippen LogP) is 0.358. The molecule has 0 radical (unpaired) electrons. The van der Waals surface area contributed by atoms with Crippen LogP contribution in [0.3, 0.4) is 0 Å². The Kier molecular flexibility index (Phi) is 21.8. The second-order valence-corrected chi connectivity index (χ2v) is 8.29. The van der Waals surface area contributed by atoms with E-state index in [0.29, 0.717) is 11.5 Å². The fourth-order valence-corrected chi connectivity index (χ4v) is 2.17. The van der Waals surface area contributed by atoms with Crippen molar-refractivity contribution in [1.82, 2.24) is 0 Å². The van der Waals surface area contributed by atoms with Crippen LogP contribution in [0.15, 0.2) is 60.7 Å². The summed E-state index contributed by atoms with van der Waals surface area (Å²) in [6, 6.07) is 10.0. The van der Waals surface area contributed by atoms with Gasteiger partial charge in [-0.1, -0.05) is 69.5 Å². The van der Waals surface area contributed by atoms with Gasteiger partial charge in [-0.25, -0.2) is 4.79 Å². The summed E-state index contributed by atoms with van der Waals surface area (Å²) in [4.78, 5) is 20.3. The molecule has 0 aliphatic heterocycles. The van der Waals surface area contributed by atoms with E-state index >= 15 is 0 Å². The number of aliphatic carboxylic acids is 2. The number of carbonyl (C=O) groups excluding carboxylic acids is 1. The summed E-state index contributed by atoms with van der Waals surface area (Å²) in [6.45, 7) is 12.5. The van der Waals surface area contributed by atoms with E-state index in [1.807, 2.05) is 36.4 Å². The van der Waals surface area contributed by atoms with E-state index < -0.39 is 27.8 Å². The molecular weight excluding hydrogens is 447 g/mol. The topological polar surface area (TPSA) is 132 Å². The Labute approximate surface area is 228 Å². The molecule has 0 fully saturated rings. The SMILES string of the molecule is C=C(CCCS(=O)(=O)O)C(=O)[O-].C=Cc1ccccc1.CC(=CCC(C)C)C(=O)O.[K+]. The van der Waals surface area contributed by atoms with Gasteiger partial charge in [-0.3, -0.25) is 4.55 Å². The number of benzene rings is 1. The molecule has 31 heavy (non-hydrogen) atoms. The van der Waals surface area contributed by atoms with Gasteiger partial charge < -0.3 is 15.0 Å². The molecular formula is C22H31KO7S. The van der Waals surface area contributed by atoms with Crippen LogP contribution in [0.1, 0.15) is 45.6 Å². The van der Waals surface area contributed by atoms with Crippen molar-refractivity contribution in [2.45, 2.75) is 40.0 Å². The summed E-state index contributed by atoms with van der Waals surface area (Å²) < 4.78 is 28.5. The van der Waals surface area contributed by atoms with Gasteiger partial charge in [0.2, 0.25) is 0 Å². The summed E-state index contributed by atoms with van der Waals surface area (Å²) in [5.74, 6) is -2.14.